The van der Waals surface area contributed by atoms with Gasteiger partial charge < -0.3 is 14.2 Å². The van der Waals surface area contributed by atoms with Crippen molar-refractivity contribution >= 4 is 16.8 Å². The first kappa shape index (κ1) is 16.8. The Labute approximate surface area is 152 Å². The van der Waals surface area contributed by atoms with Gasteiger partial charge in [-0.3, -0.25) is 9.89 Å². The summed E-state index contributed by atoms with van der Waals surface area (Å²) in [6.07, 6.45) is 4.20. The van der Waals surface area contributed by atoms with Crippen LogP contribution < -0.4 is 0 Å². The second-order valence-corrected chi connectivity index (χ2v) is 7.00. The van der Waals surface area contributed by atoms with Gasteiger partial charge in [0.05, 0.1) is 18.8 Å². The summed E-state index contributed by atoms with van der Waals surface area (Å²) in [7, 11) is 1.71. The van der Waals surface area contributed by atoms with Crippen molar-refractivity contribution in [3.63, 3.8) is 0 Å². The van der Waals surface area contributed by atoms with Crippen LogP contribution in [0.2, 0.25) is 0 Å². The fraction of sp³-hybridized carbons (Fsp3) is 0.400. The van der Waals surface area contributed by atoms with Crippen molar-refractivity contribution in [3.05, 3.63) is 54.0 Å². The first-order valence-corrected chi connectivity index (χ1v) is 9.11. The summed E-state index contributed by atoms with van der Waals surface area (Å²) in [6, 6.07) is 12.2. The Morgan fingerprint density at radius 3 is 3.12 bits per heavy atom. The number of likely N-dealkylation sites (tertiary alicyclic amines) is 1. The molecule has 1 N–H and O–H groups in total. The van der Waals surface area contributed by atoms with E-state index in [1.165, 1.54) is 10.9 Å². The van der Waals surface area contributed by atoms with Crippen molar-refractivity contribution in [3.8, 4) is 0 Å². The number of aromatic nitrogens is 3. The van der Waals surface area contributed by atoms with Gasteiger partial charge in [0, 0.05) is 31.9 Å². The fourth-order valence-corrected chi connectivity index (χ4v) is 3.80. The number of ether oxygens (including phenoxy) is 1. The summed E-state index contributed by atoms with van der Waals surface area (Å²) in [5, 5.41) is 8.49. The Kier molecular flexibility index (Phi) is 4.75. The van der Waals surface area contributed by atoms with Crippen LogP contribution in [0.5, 0.6) is 0 Å². The van der Waals surface area contributed by atoms with E-state index in [4.69, 9.17) is 4.74 Å². The van der Waals surface area contributed by atoms with Crippen molar-refractivity contribution in [2.75, 3.05) is 26.8 Å². The monoisotopic (exact) mass is 352 g/mol. The van der Waals surface area contributed by atoms with Crippen molar-refractivity contribution in [2.45, 2.75) is 19.4 Å². The highest BCUT2D eigenvalue weighted by Gasteiger charge is 2.25. The highest BCUT2D eigenvalue weighted by Crippen LogP contribution is 2.20. The molecule has 1 aliphatic heterocycles. The van der Waals surface area contributed by atoms with Gasteiger partial charge >= 0.3 is 0 Å². The topological polar surface area (TPSA) is 63.1 Å². The minimum absolute atomic E-state index is 0.00525. The average molecular weight is 352 g/mol. The van der Waals surface area contributed by atoms with E-state index < -0.39 is 0 Å². The van der Waals surface area contributed by atoms with Crippen LogP contribution in [0.15, 0.2) is 42.6 Å². The summed E-state index contributed by atoms with van der Waals surface area (Å²) in [5.74, 6) is 0.424. The zero-order chi connectivity index (χ0) is 17.9. The second-order valence-electron chi connectivity index (χ2n) is 7.00. The molecular weight excluding hydrogens is 328 g/mol. The highest BCUT2D eigenvalue weighted by atomic mass is 16.5. The molecule has 0 aliphatic carbocycles. The lowest BCUT2D eigenvalue weighted by molar-refractivity contribution is 0.0565. The first-order chi connectivity index (χ1) is 12.7. The Balaban J connectivity index is 1.46. The van der Waals surface area contributed by atoms with Crippen LogP contribution in [0, 0.1) is 5.92 Å². The van der Waals surface area contributed by atoms with Gasteiger partial charge in [0.25, 0.3) is 5.91 Å². The van der Waals surface area contributed by atoms with Crippen molar-refractivity contribution < 1.29 is 9.53 Å². The van der Waals surface area contributed by atoms with Gasteiger partial charge in [-0.2, -0.15) is 5.10 Å². The lowest BCUT2D eigenvalue weighted by Gasteiger charge is -2.31. The van der Waals surface area contributed by atoms with E-state index in [0.29, 0.717) is 24.8 Å². The van der Waals surface area contributed by atoms with E-state index in [0.717, 1.165) is 31.6 Å². The predicted molar refractivity (Wildman–Crippen MR) is 100 cm³/mol. The van der Waals surface area contributed by atoms with E-state index in [2.05, 4.69) is 39.2 Å². The number of para-hydroxylation sites is 1. The van der Waals surface area contributed by atoms with E-state index in [9.17, 15) is 4.79 Å². The molecule has 0 radical (unpaired) electrons. The Morgan fingerprint density at radius 2 is 2.23 bits per heavy atom. The summed E-state index contributed by atoms with van der Waals surface area (Å²) in [6.45, 7) is 2.91. The fourth-order valence-electron chi connectivity index (χ4n) is 3.80. The molecule has 4 rings (SSSR count). The average Bonchev–Trinajstić information content (AvgIpc) is 3.30. The third-order valence-electron chi connectivity index (χ3n) is 5.08. The Bertz CT molecular complexity index is 896. The number of piperidine rings is 1. The number of methoxy groups -OCH3 is 1. The van der Waals surface area contributed by atoms with Crippen LogP contribution in [0.3, 0.4) is 0 Å². The van der Waals surface area contributed by atoms with Crippen LogP contribution in [-0.2, 0) is 11.3 Å². The summed E-state index contributed by atoms with van der Waals surface area (Å²) in [5.41, 5.74) is 2.60. The standard InChI is InChI=1S/C20H24N4O2/c1-26-14-15-5-4-9-24(12-15)20(25)18-11-17(21-22-18)13-23-10-8-16-6-2-3-7-19(16)23/h2-3,6-8,10-11,15H,4-5,9,12-14H2,1H3,(H,21,22)/t15-/m1/s1. The number of carbonyl (C=O) groups is 1. The maximum atomic E-state index is 12.8. The molecule has 0 bridgehead atoms. The van der Waals surface area contributed by atoms with E-state index in [1.807, 2.05) is 23.1 Å². The Hall–Kier alpha value is -2.60. The number of H-pyrrole nitrogens is 1. The maximum absolute atomic E-state index is 12.8. The number of nitrogens with zero attached hydrogens (tertiary/aromatic N) is 3. The minimum Gasteiger partial charge on any atom is -0.384 e. The van der Waals surface area contributed by atoms with Crippen LogP contribution in [0.25, 0.3) is 10.9 Å². The van der Waals surface area contributed by atoms with Crippen molar-refractivity contribution in [1.82, 2.24) is 19.7 Å². The molecule has 3 heterocycles. The first-order valence-electron chi connectivity index (χ1n) is 9.11. The molecule has 26 heavy (non-hydrogen) atoms. The minimum atomic E-state index is 0.00525. The number of rotatable bonds is 5. The molecule has 1 atom stereocenters. The van der Waals surface area contributed by atoms with Crippen LogP contribution in [-0.4, -0.2) is 52.4 Å². The molecule has 0 spiro atoms. The molecular formula is C20H24N4O2. The number of hydrogen-bond donors (Lipinski definition) is 1. The molecule has 1 saturated heterocycles. The molecule has 2 aromatic heterocycles. The van der Waals surface area contributed by atoms with Crippen molar-refractivity contribution in [1.29, 1.82) is 0 Å². The van der Waals surface area contributed by atoms with E-state index in [1.54, 1.807) is 7.11 Å². The number of benzene rings is 1. The molecule has 1 fully saturated rings. The van der Waals surface area contributed by atoms with Gasteiger partial charge in [-0.1, -0.05) is 18.2 Å². The number of nitrogens with one attached hydrogen (secondary N) is 1. The number of fused-ring (bicyclic) bond motifs is 1. The second kappa shape index (κ2) is 7.33. The zero-order valence-corrected chi connectivity index (χ0v) is 15.0. The number of hydrogen-bond acceptors (Lipinski definition) is 3. The predicted octanol–water partition coefficient (Wildman–Crippen LogP) is 2.91. The number of carbonyl (C=O) groups excluding carboxylic acids is 1. The Morgan fingerprint density at radius 1 is 1.35 bits per heavy atom. The molecule has 136 valence electrons. The summed E-state index contributed by atoms with van der Waals surface area (Å²) >= 11 is 0. The lowest BCUT2D eigenvalue weighted by atomic mass is 9.99. The number of aromatic amines is 1. The van der Waals surface area contributed by atoms with Gasteiger partial charge in [-0.05, 0) is 42.3 Å². The van der Waals surface area contributed by atoms with E-state index in [-0.39, 0.29) is 5.91 Å². The largest absolute Gasteiger partial charge is 0.384 e. The molecule has 1 aliphatic rings. The van der Waals surface area contributed by atoms with Crippen LogP contribution in [0.4, 0.5) is 0 Å². The molecule has 6 nitrogen and oxygen atoms in total. The van der Waals surface area contributed by atoms with Gasteiger partial charge in [0.2, 0.25) is 0 Å². The third kappa shape index (κ3) is 3.37. The van der Waals surface area contributed by atoms with Gasteiger partial charge in [0.1, 0.15) is 5.69 Å². The molecule has 1 aromatic carbocycles. The maximum Gasteiger partial charge on any atom is 0.274 e. The van der Waals surface area contributed by atoms with Gasteiger partial charge in [0.15, 0.2) is 0 Å². The number of amides is 1. The summed E-state index contributed by atoms with van der Waals surface area (Å²) in [4.78, 5) is 14.7. The molecule has 6 heteroatoms. The van der Waals surface area contributed by atoms with Crippen LogP contribution in [0.1, 0.15) is 29.0 Å². The normalized spacial score (nSPS) is 17.7. The molecule has 1 amide bonds. The van der Waals surface area contributed by atoms with Gasteiger partial charge in [-0.25, -0.2) is 0 Å². The SMILES string of the molecule is COC[C@@H]1CCCN(C(=O)c2cc(Cn3ccc4ccccc43)[nH]n2)C1. The molecule has 3 aromatic rings. The third-order valence-corrected chi connectivity index (χ3v) is 5.08. The van der Waals surface area contributed by atoms with E-state index >= 15 is 0 Å². The molecule has 0 saturated carbocycles. The quantitative estimate of drug-likeness (QED) is 0.768. The summed E-state index contributed by atoms with van der Waals surface area (Å²) < 4.78 is 7.41. The van der Waals surface area contributed by atoms with Crippen molar-refractivity contribution in [2.24, 2.45) is 5.92 Å². The smallest absolute Gasteiger partial charge is 0.274 e. The lowest BCUT2D eigenvalue weighted by Crippen LogP contribution is -2.41. The van der Waals surface area contributed by atoms with Gasteiger partial charge in [-0.15, -0.1) is 0 Å². The zero-order valence-electron chi connectivity index (χ0n) is 15.0. The molecule has 0 unspecified atom stereocenters. The highest BCUT2D eigenvalue weighted by molar-refractivity contribution is 5.92. The van der Waals surface area contributed by atoms with Crippen LogP contribution >= 0.6 is 0 Å².